The highest BCUT2D eigenvalue weighted by atomic mass is 31.2. The van der Waals surface area contributed by atoms with Crippen molar-refractivity contribution in [3.8, 4) is 11.5 Å². The second-order valence-corrected chi connectivity index (χ2v) is 8.69. The van der Waals surface area contributed by atoms with E-state index < -0.39 is 8.60 Å². The van der Waals surface area contributed by atoms with E-state index in [9.17, 15) is 0 Å². The molecule has 0 saturated heterocycles. The van der Waals surface area contributed by atoms with E-state index in [-0.39, 0.29) is 0 Å². The first-order chi connectivity index (χ1) is 13.0. The summed E-state index contributed by atoms with van der Waals surface area (Å²) < 4.78 is 18.7. The zero-order chi connectivity index (χ0) is 19.4. The average Bonchev–Trinajstić information content (AvgIpc) is 2.58. The summed E-state index contributed by atoms with van der Waals surface area (Å²) in [4.78, 5) is 0. The van der Waals surface area contributed by atoms with Gasteiger partial charge in [0.2, 0.25) is 0 Å². The Balaban J connectivity index is 1.92. The van der Waals surface area contributed by atoms with Crippen LogP contribution in [-0.4, -0.2) is 6.61 Å². The van der Waals surface area contributed by atoms with E-state index in [2.05, 4.69) is 58.9 Å². The Morgan fingerprint density at radius 3 is 1.89 bits per heavy atom. The van der Waals surface area contributed by atoms with Gasteiger partial charge >= 0.3 is 8.60 Å². The van der Waals surface area contributed by atoms with E-state index in [1.54, 1.807) is 0 Å². The summed E-state index contributed by atoms with van der Waals surface area (Å²) in [6, 6.07) is 8.78. The van der Waals surface area contributed by atoms with Crippen LogP contribution in [0.2, 0.25) is 0 Å². The summed E-state index contributed by atoms with van der Waals surface area (Å²) in [5.41, 5.74) is 7.22. The van der Waals surface area contributed by atoms with Crippen LogP contribution in [0.4, 0.5) is 0 Å². The fourth-order valence-corrected chi connectivity index (χ4v) is 4.94. The van der Waals surface area contributed by atoms with Gasteiger partial charge in [0.25, 0.3) is 0 Å². The van der Waals surface area contributed by atoms with Gasteiger partial charge in [0.15, 0.2) is 0 Å². The van der Waals surface area contributed by atoms with Crippen molar-refractivity contribution in [3.05, 3.63) is 57.6 Å². The molecule has 0 spiro atoms. The van der Waals surface area contributed by atoms with Gasteiger partial charge in [0.05, 0.1) is 6.61 Å². The quantitative estimate of drug-likeness (QED) is 0.391. The van der Waals surface area contributed by atoms with Crippen LogP contribution in [0.1, 0.15) is 66.0 Å². The first kappa shape index (κ1) is 20.2. The summed E-state index contributed by atoms with van der Waals surface area (Å²) in [6.45, 7) is 11.4. The molecule has 3 rings (SSSR count). The monoisotopic (exact) mass is 386 g/mol. The topological polar surface area (TPSA) is 27.7 Å². The molecule has 3 nitrogen and oxygen atoms in total. The Morgan fingerprint density at radius 2 is 1.37 bits per heavy atom. The van der Waals surface area contributed by atoms with Crippen molar-refractivity contribution in [1.29, 1.82) is 0 Å². The second-order valence-electron chi connectivity index (χ2n) is 7.62. The maximum Gasteiger partial charge on any atom is 0.463 e. The van der Waals surface area contributed by atoms with Gasteiger partial charge in [-0.25, -0.2) is 0 Å². The van der Waals surface area contributed by atoms with Crippen LogP contribution >= 0.6 is 8.60 Å². The van der Waals surface area contributed by atoms with Crippen molar-refractivity contribution in [1.82, 2.24) is 0 Å². The molecule has 2 aromatic rings. The van der Waals surface area contributed by atoms with Crippen molar-refractivity contribution < 1.29 is 13.6 Å². The lowest BCUT2D eigenvalue weighted by atomic mass is 9.96. The number of rotatable bonds is 6. The highest BCUT2D eigenvalue weighted by Gasteiger charge is 2.26. The maximum absolute atomic E-state index is 6.29. The van der Waals surface area contributed by atoms with Crippen molar-refractivity contribution >= 4 is 8.60 Å². The Hall–Kier alpha value is -1.57. The lowest BCUT2D eigenvalue weighted by Crippen LogP contribution is -2.10. The molecular formula is C23H31O3P. The third kappa shape index (κ3) is 5.03. The van der Waals surface area contributed by atoms with Gasteiger partial charge in [0, 0.05) is 6.42 Å². The zero-order valence-corrected chi connectivity index (χ0v) is 18.1. The Bertz CT molecular complexity index is 741. The highest BCUT2D eigenvalue weighted by Crippen LogP contribution is 2.48. The summed E-state index contributed by atoms with van der Waals surface area (Å²) in [5.74, 6) is 1.84. The molecule has 1 heterocycles. The van der Waals surface area contributed by atoms with Crippen LogP contribution in [0.25, 0.3) is 0 Å². The minimum Gasteiger partial charge on any atom is -0.417 e. The van der Waals surface area contributed by atoms with Gasteiger partial charge in [-0.05, 0) is 56.4 Å². The van der Waals surface area contributed by atoms with Gasteiger partial charge in [-0.1, -0.05) is 61.6 Å². The third-order valence-electron chi connectivity index (χ3n) is 4.90. The highest BCUT2D eigenvalue weighted by molar-refractivity contribution is 7.42. The van der Waals surface area contributed by atoms with Crippen molar-refractivity contribution in [2.75, 3.05) is 6.61 Å². The molecule has 27 heavy (non-hydrogen) atoms. The molecule has 0 atom stereocenters. The minimum absolute atomic E-state index is 0.673. The fraction of sp³-hybridized carbons (Fsp3) is 0.478. The van der Waals surface area contributed by atoms with Gasteiger partial charge in [-0.2, -0.15) is 0 Å². The Morgan fingerprint density at radius 1 is 0.815 bits per heavy atom. The summed E-state index contributed by atoms with van der Waals surface area (Å²) in [7, 11) is -1.46. The number of fused-ring (bicyclic) bond motifs is 2. The van der Waals surface area contributed by atoms with Crippen molar-refractivity contribution in [3.63, 3.8) is 0 Å². The SMILES string of the molecule is CCCCCCOP1Oc2c(C)cc(C)cc2Cc2cc(C)cc(C)c2O1. The first-order valence-electron chi connectivity index (χ1n) is 9.97. The summed E-state index contributed by atoms with van der Waals surface area (Å²) in [6.07, 6.45) is 5.50. The molecule has 0 saturated carbocycles. The lowest BCUT2D eigenvalue weighted by molar-refractivity contribution is 0.255. The van der Waals surface area contributed by atoms with Crippen LogP contribution in [0.3, 0.4) is 0 Å². The molecule has 1 aliphatic heterocycles. The number of hydrogen-bond donors (Lipinski definition) is 0. The number of benzene rings is 2. The minimum atomic E-state index is -1.46. The standard InChI is InChI=1S/C23H31O3P/c1-6-7-8-9-10-24-27-25-22-18(4)11-16(2)13-20(22)15-21-14-17(3)12-19(5)23(21)26-27/h11-14H,6-10,15H2,1-5H3. The lowest BCUT2D eigenvalue weighted by Gasteiger charge is -2.26. The predicted octanol–water partition coefficient (Wildman–Crippen LogP) is 7.11. The smallest absolute Gasteiger partial charge is 0.417 e. The largest absolute Gasteiger partial charge is 0.463 e. The molecule has 2 aromatic carbocycles. The molecule has 0 fully saturated rings. The molecule has 0 radical (unpaired) electrons. The summed E-state index contributed by atoms with van der Waals surface area (Å²) in [5, 5.41) is 0. The molecule has 1 aliphatic rings. The molecule has 0 unspecified atom stereocenters. The molecule has 0 bridgehead atoms. The Kier molecular flexibility index (Phi) is 6.78. The molecule has 0 aliphatic carbocycles. The second kappa shape index (κ2) is 9.08. The number of hydrogen-bond acceptors (Lipinski definition) is 3. The van der Waals surface area contributed by atoms with Crippen LogP contribution in [0.15, 0.2) is 24.3 Å². The molecule has 0 aromatic heterocycles. The van der Waals surface area contributed by atoms with Crippen LogP contribution in [-0.2, 0) is 10.9 Å². The predicted molar refractivity (Wildman–Crippen MR) is 113 cm³/mol. The van der Waals surface area contributed by atoms with E-state index in [1.807, 2.05) is 0 Å². The van der Waals surface area contributed by atoms with E-state index in [1.165, 1.54) is 41.5 Å². The van der Waals surface area contributed by atoms with Crippen LogP contribution < -0.4 is 9.05 Å². The zero-order valence-electron chi connectivity index (χ0n) is 17.2. The molecule has 0 N–H and O–H groups in total. The van der Waals surface area contributed by atoms with E-state index in [4.69, 9.17) is 13.6 Å². The van der Waals surface area contributed by atoms with E-state index in [0.717, 1.165) is 35.5 Å². The van der Waals surface area contributed by atoms with E-state index in [0.29, 0.717) is 6.61 Å². The fourth-order valence-electron chi connectivity index (χ4n) is 3.70. The van der Waals surface area contributed by atoms with E-state index >= 15 is 0 Å². The van der Waals surface area contributed by atoms with Crippen molar-refractivity contribution in [2.24, 2.45) is 0 Å². The molecule has 4 heteroatoms. The van der Waals surface area contributed by atoms with Crippen LogP contribution in [0.5, 0.6) is 11.5 Å². The number of aryl methyl sites for hydroxylation is 4. The van der Waals surface area contributed by atoms with Gasteiger partial charge in [-0.3, -0.25) is 4.52 Å². The molecule has 146 valence electrons. The average molecular weight is 386 g/mol. The normalized spacial score (nSPS) is 13.8. The molecular weight excluding hydrogens is 355 g/mol. The first-order valence-corrected chi connectivity index (χ1v) is 11.1. The summed E-state index contributed by atoms with van der Waals surface area (Å²) >= 11 is 0. The van der Waals surface area contributed by atoms with Gasteiger partial charge < -0.3 is 9.05 Å². The maximum atomic E-state index is 6.29. The van der Waals surface area contributed by atoms with Crippen molar-refractivity contribution in [2.45, 2.75) is 66.7 Å². The van der Waals surface area contributed by atoms with Crippen LogP contribution in [0, 0.1) is 27.7 Å². The Labute approximate surface area is 165 Å². The molecule has 0 amide bonds. The third-order valence-corrected chi connectivity index (χ3v) is 5.96. The van der Waals surface area contributed by atoms with Gasteiger partial charge in [-0.15, -0.1) is 0 Å². The number of unbranched alkanes of at least 4 members (excludes halogenated alkanes) is 3. The van der Waals surface area contributed by atoms with Gasteiger partial charge in [0.1, 0.15) is 11.5 Å².